The van der Waals surface area contributed by atoms with Crippen molar-refractivity contribution in [1.82, 2.24) is 5.32 Å². The van der Waals surface area contributed by atoms with Crippen molar-refractivity contribution in [2.45, 2.75) is 33.7 Å². The summed E-state index contributed by atoms with van der Waals surface area (Å²) in [7, 11) is 0. The standard InChI is InChI=1S/C19H22N2O2/c1-4-15-6-9-17(10-7-15)21-19(23)18(22)20-12-16-8-5-13(2)11-14(16)3/h5-11H,4,12H2,1-3H3,(H,20,22)(H,21,23). The Morgan fingerprint density at radius 2 is 1.65 bits per heavy atom. The molecular formula is C19H22N2O2. The topological polar surface area (TPSA) is 58.2 Å². The first-order chi connectivity index (χ1) is 11.0. The SMILES string of the molecule is CCc1ccc(NC(=O)C(=O)NCc2ccc(C)cc2C)cc1. The molecule has 2 N–H and O–H groups in total. The summed E-state index contributed by atoms with van der Waals surface area (Å²) in [5.74, 6) is -1.29. The highest BCUT2D eigenvalue weighted by Crippen LogP contribution is 2.11. The average molecular weight is 310 g/mol. The van der Waals surface area contributed by atoms with Crippen molar-refractivity contribution in [1.29, 1.82) is 0 Å². The molecule has 0 fully saturated rings. The van der Waals surface area contributed by atoms with Crippen molar-refractivity contribution in [2.75, 3.05) is 5.32 Å². The van der Waals surface area contributed by atoms with Crippen LogP contribution in [0.5, 0.6) is 0 Å². The van der Waals surface area contributed by atoms with E-state index in [0.29, 0.717) is 12.2 Å². The molecule has 23 heavy (non-hydrogen) atoms. The van der Waals surface area contributed by atoms with Crippen LogP contribution in [-0.4, -0.2) is 11.8 Å². The first kappa shape index (κ1) is 16.7. The molecule has 120 valence electrons. The first-order valence-electron chi connectivity index (χ1n) is 7.74. The quantitative estimate of drug-likeness (QED) is 0.853. The van der Waals surface area contributed by atoms with E-state index >= 15 is 0 Å². The van der Waals surface area contributed by atoms with Crippen molar-refractivity contribution < 1.29 is 9.59 Å². The fourth-order valence-corrected chi connectivity index (χ4v) is 2.31. The molecule has 4 heteroatoms. The maximum Gasteiger partial charge on any atom is 0.313 e. The predicted molar refractivity (Wildman–Crippen MR) is 92.2 cm³/mol. The van der Waals surface area contributed by atoms with Gasteiger partial charge in [-0.15, -0.1) is 0 Å². The van der Waals surface area contributed by atoms with Gasteiger partial charge in [-0.2, -0.15) is 0 Å². The number of carbonyl (C=O) groups is 2. The zero-order valence-electron chi connectivity index (χ0n) is 13.8. The van der Waals surface area contributed by atoms with Gasteiger partial charge in [-0.05, 0) is 49.1 Å². The van der Waals surface area contributed by atoms with E-state index in [1.54, 1.807) is 12.1 Å². The molecule has 0 aromatic heterocycles. The summed E-state index contributed by atoms with van der Waals surface area (Å²) in [6.45, 7) is 6.41. The summed E-state index contributed by atoms with van der Waals surface area (Å²) in [5.41, 5.74) is 5.08. The number of amides is 2. The fourth-order valence-electron chi connectivity index (χ4n) is 2.31. The van der Waals surface area contributed by atoms with E-state index in [1.807, 2.05) is 38.1 Å². The Kier molecular flexibility index (Phi) is 5.52. The molecule has 0 spiro atoms. The molecule has 2 amide bonds. The number of benzene rings is 2. The normalized spacial score (nSPS) is 10.2. The van der Waals surface area contributed by atoms with Crippen LogP contribution in [-0.2, 0) is 22.6 Å². The average Bonchev–Trinajstić information content (AvgIpc) is 2.54. The minimum atomic E-state index is -0.654. The van der Waals surface area contributed by atoms with E-state index in [4.69, 9.17) is 0 Å². The lowest BCUT2D eigenvalue weighted by atomic mass is 10.1. The third-order valence-electron chi connectivity index (χ3n) is 3.76. The van der Waals surface area contributed by atoms with E-state index in [0.717, 1.165) is 17.5 Å². The highest BCUT2D eigenvalue weighted by atomic mass is 16.2. The zero-order valence-corrected chi connectivity index (χ0v) is 13.8. The van der Waals surface area contributed by atoms with Crippen LogP contribution < -0.4 is 10.6 Å². The number of rotatable bonds is 4. The number of hydrogen-bond acceptors (Lipinski definition) is 2. The lowest BCUT2D eigenvalue weighted by molar-refractivity contribution is -0.136. The van der Waals surface area contributed by atoms with Crippen LogP contribution in [0.2, 0.25) is 0 Å². The van der Waals surface area contributed by atoms with Crippen LogP contribution in [0.15, 0.2) is 42.5 Å². The third-order valence-corrected chi connectivity index (χ3v) is 3.76. The maximum absolute atomic E-state index is 11.9. The van der Waals surface area contributed by atoms with E-state index in [1.165, 1.54) is 11.1 Å². The van der Waals surface area contributed by atoms with Gasteiger partial charge in [0.2, 0.25) is 0 Å². The zero-order chi connectivity index (χ0) is 16.8. The minimum Gasteiger partial charge on any atom is -0.344 e. The Bertz CT molecular complexity index is 706. The van der Waals surface area contributed by atoms with Crippen molar-refractivity contribution >= 4 is 17.5 Å². The molecule has 2 aromatic carbocycles. The molecular weight excluding hydrogens is 288 g/mol. The second-order valence-corrected chi connectivity index (χ2v) is 5.62. The largest absolute Gasteiger partial charge is 0.344 e. The van der Waals surface area contributed by atoms with E-state index in [-0.39, 0.29) is 0 Å². The highest BCUT2D eigenvalue weighted by Gasteiger charge is 2.13. The van der Waals surface area contributed by atoms with Gasteiger partial charge >= 0.3 is 11.8 Å². The van der Waals surface area contributed by atoms with Gasteiger partial charge < -0.3 is 10.6 Å². The van der Waals surface area contributed by atoms with Crippen LogP contribution in [0, 0.1) is 13.8 Å². The van der Waals surface area contributed by atoms with Gasteiger partial charge in [-0.1, -0.05) is 42.8 Å². The van der Waals surface area contributed by atoms with Crippen molar-refractivity contribution in [2.24, 2.45) is 0 Å². The molecule has 0 saturated heterocycles. The van der Waals surface area contributed by atoms with Crippen LogP contribution in [0.1, 0.15) is 29.2 Å². The smallest absolute Gasteiger partial charge is 0.313 e. The Morgan fingerprint density at radius 1 is 0.957 bits per heavy atom. The molecule has 0 bridgehead atoms. The first-order valence-corrected chi connectivity index (χ1v) is 7.74. The van der Waals surface area contributed by atoms with E-state index in [2.05, 4.69) is 23.6 Å². The maximum atomic E-state index is 11.9. The summed E-state index contributed by atoms with van der Waals surface area (Å²) in [6, 6.07) is 13.5. The molecule has 0 radical (unpaired) electrons. The predicted octanol–water partition coefficient (Wildman–Crippen LogP) is 3.12. The molecule has 2 aromatic rings. The Balaban J connectivity index is 1.90. The van der Waals surface area contributed by atoms with Gasteiger partial charge in [0.1, 0.15) is 0 Å². The number of anilines is 1. The number of aryl methyl sites for hydroxylation is 3. The van der Waals surface area contributed by atoms with Gasteiger partial charge in [0.05, 0.1) is 0 Å². The van der Waals surface area contributed by atoms with Gasteiger partial charge in [-0.3, -0.25) is 9.59 Å². The summed E-state index contributed by atoms with van der Waals surface area (Å²) < 4.78 is 0. The minimum absolute atomic E-state index is 0.340. The molecule has 0 heterocycles. The molecule has 0 atom stereocenters. The van der Waals surface area contributed by atoms with Crippen LogP contribution in [0.4, 0.5) is 5.69 Å². The molecule has 0 unspecified atom stereocenters. The van der Waals surface area contributed by atoms with Crippen LogP contribution in [0.25, 0.3) is 0 Å². The monoisotopic (exact) mass is 310 g/mol. The van der Waals surface area contributed by atoms with Gasteiger partial charge in [-0.25, -0.2) is 0 Å². The van der Waals surface area contributed by atoms with E-state index in [9.17, 15) is 9.59 Å². The molecule has 0 aliphatic heterocycles. The molecule has 2 rings (SSSR count). The highest BCUT2D eigenvalue weighted by molar-refractivity contribution is 6.39. The lowest BCUT2D eigenvalue weighted by Gasteiger charge is -2.09. The summed E-state index contributed by atoms with van der Waals surface area (Å²) in [6.07, 6.45) is 0.935. The fraction of sp³-hybridized carbons (Fsp3) is 0.263. The second-order valence-electron chi connectivity index (χ2n) is 5.62. The Morgan fingerprint density at radius 3 is 2.26 bits per heavy atom. The number of carbonyl (C=O) groups excluding carboxylic acids is 2. The van der Waals surface area contributed by atoms with Crippen LogP contribution >= 0.6 is 0 Å². The summed E-state index contributed by atoms with van der Waals surface area (Å²) >= 11 is 0. The van der Waals surface area contributed by atoms with Gasteiger partial charge in [0.15, 0.2) is 0 Å². The van der Waals surface area contributed by atoms with E-state index < -0.39 is 11.8 Å². The third kappa shape index (κ3) is 4.68. The summed E-state index contributed by atoms with van der Waals surface area (Å²) in [5, 5.41) is 5.25. The van der Waals surface area contributed by atoms with Crippen molar-refractivity contribution in [3.05, 3.63) is 64.7 Å². The van der Waals surface area contributed by atoms with Gasteiger partial charge in [0.25, 0.3) is 0 Å². The summed E-state index contributed by atoms with van der Waals surface area (Å²) in [4.78, 5) is 23.8. The Labute approximate surface area is 136 Å². The Hall–Kier alpha value is -2.62. The van der Waals surface area contributed by atoms with Crippen molar-refractivity contribution in [3.8, 4) is 0 Å². The molecule has 0 saturated carbocycles. The molecule has 0 aliphatic rings. The number of hydrogen-bond donors (Lipinski definition) is 2. The second kappa shape index (κ2) is 7.58. The number of nitrogens with one attached hydrogen (secondary N) is 2. The molecule has 0 aliphatic carbocycles. The van der Waals surface area contributed by atoms with Gasteiger partial charge in [0, 0.05) is 12.2 Å². The molecule has 4 nitrogen and oxygen atoms in total. The van der Waals surface area contributed by atoms with Crippen molar-refractivity contribution in [3.63, 3.8) is 0 Å². The van der Waals surface area contributed by atoms with Crippen LogP contribution in [0.3, 0.4) is 0 Å². The lowest BCUT2D eigenvalue weighted by Crippen LogP contribution is -2.35.